The summed E-state index contributed by atoms with van der Waals surface area (Å²) in [5, 5.41) is 4.53. The number of allylic oxidation sites excluding steroid dienone is 3. The Labute approximate surface area is 133 Å². The summed E-state index contributed by atoms with van der Waals surface area (Å²) >= 11 is 0. The van der Waals surface area contributed by atoms with Crippen LogP contribution in [0.25, 0.3) is 0 Å². The summed E-state index contributed by atoms with van der Waals surface area (Å²) in [5.74, 6) is 1.36. The Hall–Kier alpha value is -2.36. The third kappa shape index (κ3) is 3.45. The Morgan fingerprint density at radius 3 is 2.95 bits per heavy atom. The van der Waals surface area contributed by atoms with Gasteiger partial charge in [0.1, 0.15) is 5.84 Å². The van der Waals surface area contributed by atoms with E-state index in [1.165, 1.54) is 11.8 Å². The van der Waals surface area contributed by atoms with Gasteiger partial charge >= 0.3 is 0 Å². The van der Waals surface area contributed by atoms with E-state index in [-0.39, 0.29) is 12.0 Å². The van der Waals surface area contributed by atoms with E-state index < -0.39 is 0 Å². The molecular weight excluding hydrogens is 272 g/mol. The Morgan fingerprint density at radius 1 is 1.50 bits per heavy atom. The van der Waals surface area contributed by atoms with Crippen molar-refractivity contribution in [3.63, 3.8) is 0 Å². The van der Waals surface area contributed by atoms with E-state index in [2.05, 4.69) is 66.8 Å². The molecule has 1 aliphatic heterocycles. The zero-order valence-electron chi connectivity index (χ0n) is 13.5. The molecule has 0 radical (unpaired) electrons. The standard InChI is InChI=1S/C18H24N4/c1-6-19-17(22(5)7-2)11-9-14(4)18-15-12-13(3)8-10-16(15)20-21-18/h6-12,14-16,20H,1-2H2,3-5H3/b11-9-,19-17?. The van der Waals surface area contributed by atoms with Crippen LogP contribution < -0.4 is 5.43 Å². The maximum Gasteiger partial charge on any atom is 0.131 e. The lowest BCUT2D eigenvalue weighted by atomic mass is 9.84. The largest absolute Gasteiger partial charge is 0.337 e. The SMILES string of the molecule is C=CN=C(/C=C\C(C)C1=NNC2C=CC(C)=CC12)N(C)C=C. The van der Waals surface area contributed by atoms with Gasteiger partial charge < -0.3 is 10.3 Å². The summed E-state index contributed by atoms with van der Waals surface area (Å²) in [6.07, 6.45) is 14.0. The molecule has 0 fully saturated rings. The summed E-state index contributed by atoms with van der Waals surface area (Å²) < 4.78 is 0. The third-order valence-corrected chi connectivity index (χ3v) is 3.94. The third-order valence-electron chi connectivity index (χ3n) is 3.94. The molecule has 116 valence electrons. The number of hydrogen-bond donors (Lipinski definition) is 1. The highest BCUT2D eigenvalue weighted by Crippen LogP contribution is 2.26. The second kappa shape index (κ2) is 7.07. The van der Waals surface area contributed by atoms with Crippen LogP contribution in [0, 0.1) is 11.8 Å². The first kappa shape index (κ1) is 16.0. The van der Waals surface area contributed by atoms with Crippen molar-refractivity contribution in [2.24, 2.45) is 21.9 Å². The van der Waals surface area contributed by atoms with Crippen LogP contribution in [-0.2, 0) is 0 Å². The molecule has 0 aromatic heterocycles. The van der Waals surface area contributed by atoms with Crippen LogP contribution in [0.3, 0.4) is 0 Å². The number of amidine groups is 1. The normalized spacial score (nSPS) is 25.1. The van der Waals surface area contributed by atoms with Crippen molar-refractivity contribution >= 4 is 11.5 Å². The van der Waals surface area contributed by atoms with E-state index in [1.54, 1.807) is 6.20 Å². The van der Waals surface area contributed by atoms with Crippen LogP contribution in [0.5, 0.6) is 0 Å². The van der Waals surface area contributed by atoms with Crippen LogP contribution in [0.4, 0.5) is 0 Å². The monoisotopic (exact) mass is 296 g/mol. The fraction of sp³-hybridized carbons (Fsp3) is 0.333. The lowest BCUT2D eigenvalue weighted by Crippen LogP contribution is -2.29. The van der Waals surface area contributed by atoms with E-state index >= 15 is 0 Å². The number of nitrogens with zero attached hydrogens (tertiary/aromatic N) is 3. The van der Waals surface area contributed by atoms with Crippen molar-refractivity contribution in [1.82, 2.24) is 10.3 Å². The van der Waals surface area contributed by atoms with Gasteiger partial charge in [-0.2, -0.15) is 5.10 Å². The number of rotatable bonds is 5. The predicted molar refractivity (Wildman–Crippen MR) is 94.6 cm³/mol. The van der Waals surface area contributed by atoms with Crippen LogP contribution in [0.15, 0.2) is 71.6 Å². The first-order valence-corrected chi connectivity index (χ1v) is 7.48. The highest BCUT2D eigenvalue weighted by Gasteiger charge is 2.31. The van der Waals surface area contributed by atoms with Gasteiger partial charge in [0.2, 0.25) is 0 Å². The molecule has 22 heavy (non-hydrogen) atoms. The van der Waals surface area contributed by atoms with Gasteiger partial charge in [-0.15, -0.1) is 0 Å². The molecule has 0 amide bonds. The molecule has 0 saturated heterocycles. The van der Waals surface area contributed by atoms with Crippen LogP contribution >= 0.6 is 0 Å². The van der Waals surface area contributed by atoms with Gasteiger partial charge in [0.25, 0.3) is 0 Å². The summed E-state index contributed by atoms with van der Waals surface area (Å²) in [4.78, 5) is 6.11. The van der Waals surface area contributed by atoms with Gasteiger partial charge in [0.05, 0.1) is 11.8 Å². The molecule has 3 unspecified atom stereocenters. The quantitative estimate of drug-likeness (QED) is 0.625. The van der Waals surface area contributed by atoms with Gasteiger partial charge in [-0.1, -0.05) is 50.0 Å². The molecule has 0 spiro atoms. The number of hydrogen-bond acceptors (Lipinski definition) is 3. The van der Waals surface area contributed by atoms with Crippen molar-refractivity contribution in [2.45, 2.75) is 19.9 Å². The van der Waals surface area contributed by atoms with Gasteiger partial charge in [-0.05, 0) is 19.2 Å². The number of aliphatic imine (C=N–C) groups is 1. The highest BCUT2D eigenvalue weighted by atomic mass is 15.3. The number of hydrazone groups is 1. The maximum absolute atomic E-state index is 4.53. The predicted octanol–water partition coefficient (Wildman–Crippen LogP) is 3.26. The Bertz CT molecular complexity index is 592. The van der Waals surface area contributed by atoms with Gasteiger partial charge in [-0.25, -0.2) is 4.99 Å². The average molecular weight is 296 g/mol. The molecule has 4 nitrogen and oxygen atoms in total. The average Bonchev–Trinajstić information content (AvgIpc) is 2.93. The first-order chi connectivity index (χ1) is 10.6. The van der Waals surface area contributed by atoms with Crippen LogP contribution in [0.1, 0.15) is 13.8 Å². The molecule has 2 aliphatic rings. The van der Waals surface area contributed by atoms with Crippen LogP contribution in [0.2, 0.25) is 0 Å². The van der Waals surface area contributed by atoms with Crippen LogP contribution in [-0.4, -0.2) is 29.5 Å². The number of nitrogens with one attached hydrogen (secondary N) is 1. The van der Waals surface area contributed by atoms with E-state index in [4.69, 9.17) is 0 Å². The Kier molecular flexibility index (Phi) is 5.15. The number of fused-ring (bicyclic) bond motifs is 1. The van der Waals surface area contributed by atoms with Crippen molar-refractivity contribution < 1.29 is 0 Å². The molecule has 1 heterocycles. The molecular formula is C18H24N4. The lowest BCUT2D eigenvalue weighted by molar-refractivity contribution is 0.614. The van der Waals surface area contributed by atoms with Crippen molar-refractivity contribution in [3.05, 3.63) is 61.5 Å². The molecule has 4 heteroatoms. The summed E-state index contributed by atoms with van der Waals surface area (Å²) in [6, 6.07) is 0.284. The van der Waals surface area contributed by atoms with Gasteiger partial charge in [-0.3, -0.25) is 0 Å². The van der Waals surface area contributed by atoms with E-state index in [9.17, 15) is 0 Å². The Morgan fingerprint density at radius 2 is 2.27 bits per heavy atom. The molecule has 0 saturated carbocycles. The lowest BCUT2D eigenvalue weighted by Gasteiger charge is -2.20. The molecule has 3 atom stereocenters. The molecule has 1 aliphatic carbocycles. The molecule has 0 bridgehead atoms. The smallest absolute Gasteiger partial charge is 0.131 e. The summed E-state index contributed by atoms with van der Waals surface area (Å²) in [6.45, 7) is 11.7. The molecule has 0 aromatic rings. The number of likely N-dealkylation sites (N-methyl/N-ethyl adjacent to an activating group) is 1. The van der Waals surface area contributed by atoms with Crippen molar-refractivity contribution in [1.29, 1.82) is 0 Å². The minimum Gasteiger partial charge on any atom is -0.337 e. The summed E-state index contributed by atoms with van der Waals surface area (Å²) in [5.41, 5.74) is 5.65. The molecule has 0 aromatic carbocycles. The van der Waals surface area contributed by atoms with Crippen molar-refractivity contribution in [3.8, 4) is 0 Å². The van der Waals surface area contributed by atoms with Crippen molar-refractivity contribution in [2.75, 3.05) is 7.05 Å². The van der Waals surface area contributed by atoms with Gasteiger partial charge in [0.15, 0.2) is 0 Å². The first-order valence-electron chi connectivity index (χ1n) is 7.48. The molecule has 1 N–H and O–H groups in total. The highest BCUT2D eigenvalue weighted by molar-refractivity contribution is 5.97. The van der Waals surface area contributed by atoms with E-state index in [0.717, 1.165) is 11.5 Å². The zero-order valence-corrected chi connectivity index (χ0v) is 13.5. The van der Waals surface area contributed by atoms with Gasteiger partial charge in [0, 0.05) is 25.1 Å². The fourth-order valence-corrected chi connectivity index (χ4v) is 2.61. The summed E-state index contributed by atoms with van der Waals surface area (Å²) in [7, 11) is 1.91. The second-order valence-electron chi connectivity index (χ2n) is 5.60. The fourth-order valence-electron chi connectivity index (χ4n) is 2.61. The van der Waals surface area contributed by atoms with E-state index in [0.29, 0.717) is 5.92 Å². The minimum absolute atomic E-state index is 0.228. The second-order valence-corrected chi connectivity index (χ2v) is 5.60. The minimum atomic E-state index is 0.228. The molecule has 2 rings (SSSR count). The topological polar surface area (TPSA) is 40.0 Å². The Balaban J connectivity index is 2.12. The maximum atomic E-state index is 4.53. The van der Waals surface area contributed by atoms with E-state index in [1.807, 2.05) is 18.0 Å². The zero-order chi connectivity index (χ0) is 16.1.